The molecule has 22 heavy (non-hydrogen) atoms. The minimum Gasteiger partial charge on any atom is -0.494 e. The highest BCUT2D eigenvalue weighted by molar-refractivity contribution is 7.99. The number of aromatic nitrogens is 2. The minimum atomic E-state index is 0.666. The summed E-state index contributed by atoms with van der Waals surface area (Å²) in [5.41, 5.74) is 9.97. The Kier molecular flexibility index (Phi) is 4.53. The van der Waals surface area contributed by atoms with Crippen molar-refractivity contribution in [1.82, 2.24) is 9.97 Å². The molecule has 0 aliphatic heterocycles. The van der Waals surface area contributed by atoms with E-state index in [9.17, 15) is 0 Å². The number of nitrogens with two attached hydrogens (primary N) is 1. The molecule has 0 aliphatic rings. The molecule has 5 heteroatoms. The Morgan fingerprint density at radius 3 is 2.91 bits per heavy atom. The number of H-pyrrole nitrogens is 1. The van der Waals surface area contributed by atoms with Crippen molar-refractivity contribution < 1.29 is 4.74 Å². The number of aryl methyl sites for hydroxylation is 1. The van der Waals surface area contributed by atoms with Crippen LogP contribution in [0.15, 0.2) is 47.6 Å². The number of rotatable bonds is 6. The molecule has 0 aliphatic carbocycles. The van der Waals surface area contributed by atoms with Gasteiger partial charge in [-0.25, -0.2) is 4.98 Å². The number of fused-ring (bicyclic) bond motifs is 1. The molecule has 0 unspecified atom stereocenters. The second-order valence-electron chi connectivity index (χ2n) is 4.95. The maximum Gasteiger partial charge on any atom is 0.166 e. The molecular weight excluding hydrogens is 294 g/mol. The van der Waals surface area contributed by atoms with Crippen molar-refractivity contribution in [3.8, 4) is 5.75 Å². The van der Waals surface area contributed by atoms with Gasteiger partial charge in [-0.1, -0.05) is 30.0 Å². The van der Waals surface area contributed by atoms with E-state index in [0.29, 0.717) is 6.61 Å². The number of nitrogen functional groups attached to an aromatic ring is 1. The van der Waals surface area contributed by atoms with Gasteiger partial charge in [-0.15, -0.1) is 0 Å². The second-order valence-corrected chi connectivity index (χ2v) is 6.03. The molecule has 2 aromatic carbocycles. The van der Waals surface area contributed by atoms with Crippen molar-refractivity contribution in [3.05, 3.63) is 48.0 Å². The van der Waals surface area contributed by atoms with Gasteiger partial charge < -0.3 is 15.5 Å². The van der Waals surface area contributed by atoms with Crippen LogP contribution in [0.25, 0.3) is 11.0 Å². The maximum absolute atomic E-state index is 5.96. The summed E-state index contributed by atoms with van der Waals surface area (Å²) < 4.78 is 5.51. The third kappa shape index (κ3) is 3.36. The van der Waals surface area contributed by atoms with E-state index in [2.05, 4.69) is 16.0 Å². The van der Waals surface area contributed by atoms with Crippen LogP contribution < -0.4 is 10.5 Å². The van der Waals surface area contributed by atoms with E-state index in [1.54, 1.807) is 11.8 Å². The second kappa shape index (κ2) is 6.75. The molecule has 0 saturated heterocycles. The van der Waals surface area contributed by atoms with E-state index < -0.39 is 0 Å². The van der Waals surface area contributed by atoms with E-state index in [4.69, 9.17) is 10.5 Å². The van der Waals surface area contributed by atoms with Gasteiger partial charge in [0.25, 0.3) is 0 Å². The fourth-order valence-corrected chi connectivity index (χ4v) is 3.17. The van der Waals surface area contributed by atoms with Crippen LogP contribution in [0.3, 0.4) is 0 Å². The van der Waals surface area contributed by atoms with Crippen LogP contribution in [0.2, 0.25) is 0 Å². The van der Waals surface area contributed by atoms with Gasteiger partial charge in [0.05, 0.1) is 17.6 Å². The summed E-state index contributed by atoms with van der Waals surface area (Å²) in [6, 6.07) is 13.9. The lowest BCUT2D eigenvalue weighted by Crippen LogP contribution is -1.95. The number of hydrogen-bond acceptors (Lipinski definition) is 4. The summed E-state index contributed by atoms with van der Waals surface area (Å²) >= 11 is 1.71. The zero-order valence-corrected chi connectivity index (χ0v) is 13.3. The Morgan fingerprint density at radius 1 is 1.23 bits per heavy atom. The molecule has 0 amide bonds. The van der Waals surface area contributed by atoms with Crippen LogP contribution in [0.1, 0.15) is 12.5 Å². The largest absolute Gasteiger partial charge is 0.494 e. The number of para-hydroxylation sites is 1. The van der Waals surface area contributed by atoms with Crippen molar-refractivity contribution in [1.29, 1.82) is 0 Å². The summed E-state index contributed by atoms with van der Waals surface area (Å²) in [7, 11) is 0. The van der Waals surface area contributed by atoms with Crippen LogP contribution in [-0.2, 0) is 6.42 Å². The zero-order valence-electron chi connectivity index (χ0n) is 12.5. The topological polar surface area (TPSA) is 63.9 Å². The van der Waals surface area contributed by atoms with E-state index in [1.807, 2.05) is 43.3 Å². The van der Waals surface area contributed by atoms with Crippen LogP contribution >= 0.6 is 11.8 Å². The SMILES string of the molecule is CCOc1ccc2nc(SCCc3ccccc3N)[nH]c2c1. The van der Waals surface area contributed by atoms with Crippen molar-refractivity contribution in [2.75, 3.05) is 18.1 Å². The van der Waals surface area contributed by atoms with E-state index >= 15 is 0 Å². The number of thioether (sulfide) groups is 1. The van der Waals surface area contributed by atoms with Crippen LogP contribution in [0.4, 0.5) is 5.69 Å². The van der Waals surface area contributed by atoms with Crippen molar-refractivity contribution in [3.63, 3.8) is 0 Å². The normalized spacial score (nSPS) is 11.0. The Balaban J connectivity index is 1.65. The molecule has 3 N–H and O–H groups in total. The zero-order chi connectivity index (χ0) is 15.4. The smallest absolute Gasteiger partial charge is 0.166 e. The summed E-state index contributed by atoms with van der Waals surface area (Å²) in [6.07, 6.45) is 0.929. The summed E-state index contributed by atoms with van der Waals surface area (Å²) in [6.45, 7) is 2.65. The molecule has 0 bridgehead atoms. The standard InChI is InChI=1S/C17H19N3OS/c1-2-21-13-7-8-15-16(11-13)20-17(19-15)22-10-9-12-5-3-4-6-14(12)18/h3-8,11H,2,9-10,18H2,1H3,(H,19,20). The minimum absolute atomic E-state index is 0.666. The highest BCUT2D eigenvalue weighted by atomic mass is 32.2. The van der Waals surface area contributed by atoms with Gasteiger partial charge in [0.2, 0.25) is 0 Å². The number of nitrogens with zero attached hydrogens (tertiary/aromatic N) is 1. The van der Waals surface area contributed by atoms with Gasteiger partial charge in [0, 0.05) is 17.5 Å². The molecule has 1 heterocycles. The lowest BCUT2D eigenvalue weighted by molar-refractivity contribution is 0.340. The summed E-state index contributed by atoms with van der Waals surface area (Å²) in [5, 5.41) is 0.929. The first-order chi connectivity index (χ1) is 10.8. The molecule has 3 aromatic rings. The average Bonchev–Trinajstić information content (AvgIpc) is 2.91. The molecule has 4 nitrogen and oxygen atoms in total. The molecule has 1 aromatic heterocycles. The van der Waals surface area contributed by atoms with Gasteiger partial charge in [0.15, 0.2) is 5.16 Å². The molecule has 3 rings (SSSR count). The van der Waals surface area contributed by atoms with Gasteiger partial charge >= 0.3 is 0 Å². The van der Waals surface area contributed by atoms with Crippen molar-refractivity contribution in [2.24, 2.45) is 0 Å². The quantitative estimate of drug-likeness (QED) is 0.535. The van der Waals surface area contributed by atoms with Gasteiger partial charge in [-0.3, -0.25) is 0 Å². The van der Waals surface area contributed by atoms with Crippen LogP contribution in [0.5, 0.6) is 5.75 Å². The first-order valence-electron chi connectivity index (χ1n) is 7.35. The Labute approximate surface area is 134 Å². The van der Waals surface area contributed by atoms with Crippen molar-refractivity contribution >= 4 is 28.5 Å². The highest BCUT2D eigenvalue weighted by Crippen LogP contribution is 2.24. The summed E-state index contributed by atoms with van der Waals surface area (Å²) in [4.78, 5) is 7.92. The maximum atomic E-state index is 5.96. The molecule has 0 atom stereocenters. The van der Waals surface area contributed by atoms with Gasteiger partial charge in [0.1, 0.15) is 5.75 Å². The van der Waals surface area contributed by atoms with Gasteiger partial charge in [-0.05, 0) is 37.1 Å². The van der Waals surface area contributed by atoms with E-state index in [1.165, 1.54) is 5.56 Å². The Morgan fingerprint density at radius 2 is 2.09 bits per heavy atom. The number of anilines is 1. The van der Waals surface area contributed by atoms with E-state index in [-0.39, 0.29) is 0 Å². The lowest BCUT2D eigenvalue weighted by Gasteiger charge is -2.03. The molecule has 0 spiro atoms. The number of ether oxygens (including phenoxy) is 1. The lowest BCUT2D eigenvalue weighted by atomic mass is 10.1. The Bertz CT molecular complexity index is 769. The predicted octanol–water partition coefficient (Wildman–Crippen LogP) is 3.88. The third-order valence-corrected chi connectivity index (χ3v) is 4.28. The monoisotopic (exact) mass is 313 g/mol. The van der Waals surface area contributed by atoms with Crippen molar-refractivity contribution in [2.45, 2.75) is 18.5 Å². The van der Waals surface area contributed by atoms with Crippen LogP contribution in [-0.4, -0.2) is 22.3 Å². The first-order valence-corrected chi connectivity index (χ1v) is 8.33. The predicted molar refractivity (Wildman–Crippen MR) is 92.5 cm³/mol. The van der Waals surface area contributed by atoms with Crippen LogP contribution in [0, 0.1) is 0 Å². The summed E-state index contributed by atoms with van der Waals surface area (Å²) in [5.74, 6) is 1.80. The number of hydrogen-bond donors (Lipinski definition) is 2. The van der Waals surface area contributed by atoms with E-state index in [0.717, 1.165) is 39.8 Å². The number of nitrogens with one attached hydrogen (secondary N) is 1. The number of imidazole rings is 1. The number of benzene rings is 2. The third-order valence-electron chi connectivity index (χ3n) is 3.41. The molecule has 0 fully saturated rings. The molecular formula is C17H19N3OS. The number of aromatic amines is 1. The fraction of sp³-hybridized carbons (Fsp3) is 0.235. The Hall–Kier alpha value is -2.14. The molecule has 0 radical (unpaired) electrons. The first kappa shape index (κ1) is 14.8. The average molecular weight is 313 g/mol. The van der Waals surface area contributed by atoms with Gasteiger partial charge in [-0.2, -0.15) is 0 Å². The molecule has 0 saturated carbocycles. The fourth-order valence-electron chi connectivity index (χ4n) is 2.31. The highest BCUT2D eigenvalue weighted by Gasteiger charge is 2.05. The molecule has 114 valence electrons.